The van der Waals surface area contributed by atoms with Crippen LogP contribution < -0.4 is 5.32 Å². The highest BCUT2D eigenvalue weighted by Gasteiger charge is 2.23. The van der Waals surface area contributed by atoms with Crippen LogP contribution in [0.4, 0.5) is 0 Å². The van der Waals surface area contributed by atoms with Crippen molar-refractivity contribution >= 4 is 0 Å². The Morgan fingerprint density at radius 1 is 1.11 bits per heavy atom. The van der Waals surface area contributed by atoms with Gasteiger partial charge in [0.05, 0.1) is 0 Å². The lowest BCUT2D eigenvalue weighted by Gasteiger charge is -2.30. The minimum Gasteiger partial charge on any atom is -0.314 e. The summed E-state index contributed by atoms with van der Waals surface area (Å²) in [5, 5.41) is 3.62. The van der Waals surface area contributed by atoms with E-state index >= 15 is 0 Å². The zero-order chi connectivity index (χ0) is 12.8. The molecule has 0 bridgehead atoms. The quantitative estimate of drug-likeness (QED) is 0.747. The van der Waals surface area contributed by atoms with Crippen molar-refractivity contribution in [3.8, 4) is 0 Å². The van der Waals surface area contributed by atoms with E-state index in [0.717, 1.165) is 18.0 Å². The lowest BCUT2D eigenvalue weighted by Crippen LogP contribution is -2.37. The molecule has 2 fully saturated rings. The van der Waals surface area contributed by atoms with Gasteiger partial charge in [0.2, 0.25) is 0 Å². The summed E-state index contributed by atoms with van der Waals surface area (Å²) in [7, 11) is 0. The number of nitrogens with zero attached hydrogens (tertiary/aromatic N) is 1. The van der Waals surface area contributed by atoms with Gasteiger partial charge in [-0.3, -0.25) is 0 Å². The molecule has 1 atom stereocenters. The van der Waals surface area contributed by atoms with E-state index in [1.807, 2.05) is 0 Å². The second-order valence-corrected chi connectivity index (χ2v) is 6.76. The van der Waals surface area contributed by atoms with Crippen LogP contribution in [-0.2, 0) is 0 Å². The third-order valence-electron chi connectivity index (χ3n) is 4.60. The van der Waals surface area contributed by atoms with Gasteiger partial charge in [0.25, 0.3) is 0 Å². The molecule has 0 aromatic heterocycles. The third kappa shape index (κ3) is 4.55. The first-order valence-corrected chi connectivity index (χ1v) is 8.23. The highest BCUT2D eigenvalue weighted by molar-refractivity contribution is 4.79. The van der Waals surface area contributed by atoms with Crippen LogP contribution in [0, 0.1) is 5.92 Å². The summed E-state index contributed by atoms with van der Waals surface area (Å²) < 4.78 is 0. The Hall–Kier alpha value is -0.0800. The van der Waals surface area contributed by atoms with Crippen LogP contribution >= 0.6 is 0 Å². The van der Waals surface area contributed by atoms with E-state index in [4.69, 9.17) is 0 Å². The molecule has 2 nitrogen and oxygen atoms in total. The largest absolute Gasteiger partial charge is 0.314 e. The number of rotatable bonds is 7. The molecular formula is C16H32N2. The standard InChI is InChI=1S/C16H32N2/c1-14(2)13-18(16-9-3-4-10-16)12-6-8-15-7-5-11-17-15/h14-17H,3-13H2,1-2H3. The number of nitrogens with one attached hydrogen (secondary N) is 1. The fraction of sp³-hybridized carbons (Fsp3) is 1.00. The minimum atomic E-state index is 0.815. The molecule has 0 amide bonds. The zero-order valence-electron chi connectivity index (χ0n) is 12.5. The summed E-state index contributed by atoms with van der Waals surface area (Å²) >= 11 is 0. The van der Waals surface area contributed by atoms with Crippen LogP contribution in [0.25, 0.3) is 0 Å². The minimum absolute atomic E-state index is 0.815. The van der Waals surface area contributed by atoms with Crippen molar-refractivity contribution in [2.75, 3.05) is 19.6 Å². The first kappa shape index (κ1) is 14.3. The van der Waals surface area contributed by atoms with Crippen LogP contribution in [-0.4, -0.2) is 36.6 Å². The molecule has 0 aromatic carbocycles. The van der Waals surface area contributed by atoms with E-state index < -0.39 is 0 Å². The monoisotopic (exact) mass is 252 g/mol. The van der Waals surface area contributed by atoms with Gasteiger partial charge in [-0.1, -0.05) is 26.7 Å². The Morgan fingerprint density at radius 2 is 1.89 bits per heavy atom. The topological polar surface area (TPSA) is 15.3 Å². The molecule has 1 N–H and O–H groups in total. The molecule has 1 unspecified atom stereocenters. The summed E-state index contributed by atoms with van der Waals surface area (Å²) in [4.78, 5) is 2.80. The molecule has 18 heavy (non-hydrogen) atoms. The van der Waals surface area contributed by atoms with Gasteiger partial charge in [-0.25, -0.2) is 0 Å². The Bertz CT molecular complexity index is 215. The molecule has 0 spiro atoms. The molecule has 1 aliphatic carbocycles. The van der Waals surface area contributed by atoms with Gasteiger partial charge in [-0.2, -0.15) is 0 Å². The highest BCUT2D eigenvalue weighted by Crippen LogP contribution is 2.25. The summed E-state index contributed by atoms with van der Waals surface area (Å²) in [5.74, 6) is 0.815. The maximum Gasteiger partial charge on any atom is 0.00953 e. The molecule has 0 radical (unpaired) electrons. The van der Waals surface area contributed by atoms with Gasteiger partial charge in [0.15, 0.2) is 0 Å². The van der Waals surface area contributed by atoms with Crippen molar-refractivity contribution in [3.05, 3.63) is 0 Å². The van der Waals surface area contributed by atoms with Crippen molar-refractivity contribution < 1.29 is 0 Å². The average molecular weight is 252 g/mol. The molecule has 1 heterocycles. The summed E-state index contributed by atoms with van der Waals surface area (Å²) in [6.45, 7) is 8.62. The molecule has 0 aromatic rings. The van der Waals surface area contributed by atoms with E-state index in [9.17, 15) is 0 Å². The second kappa shape index (κ2) is 7.49. The van der Waals surface area contributed by atoms with Crippen LogP contribution in [0.15, 0.2) is 0 Å². The van der Waals surface area contributed by atoms with Gasteiger partial charge in [0, 0.05) is 18.6 Å². The molecule has 106 valence electrons. The molecule has 1 saturated carbocycles. The molecule has 2 heteroatoms. The molecule has 1 saturated heterocycles. The molecular weight excluding hydrogens is 220 g/mol. The van der Waals surface area contributed by atoms with Crippen molar-refractivity contribution in [2.24, 2.45) is 5.92 Å². The van der Waals surface area contributed by atoms with E-state index in [0.29, 0.717) is 0 Å². The third-order valence-corrected chi connectivity index (χ3v) is 4.60. The van der Waals surface area contributed by atoms with E-state index in [1.165, 1.54) is 71.0 Å². The van der Waals surface area contributed by atoms with Crippen LogP contribution in [0.5, 0.6) is 0 Å². The Balaban J connectivity index is 1.69. The van der Waals surface area contributed by atoms with Gasteiger partial charge in [-0.05, 0) is 57.5 Å². The summed E-state index contributed by atoms with van der Waals surface area (Å²) in [6, 6.07) is 1.73. The average Bonchev–Trinajstić information content (AvgIpc) is 3.00. The number of hydrogen-bond acceptors (Lipinski definition) is 2. The fourth-order valence-electron chi connectivity index (χ4n) is 3.71. The Labute approximate surface area is 114 Å². The Morgan fingerprint density at radius 3 is 2.50 bits per heavy atom. The zero-order valence-corrected chi connectivity index (χ0v) is 12.5. The fourth-order valence-corrected chi connectivity index (χ4v) is 3.71. The van der Waals surface area contributed by atoms with Crippen LogP contribution in [0.1, 0.15) is 65.2 Å². The van der Waals surface area contributed by atoms with Gasteiger partial charge < -0.3 is 10.2 Å². The van der Waals surface area contributed by atoms with Gasteiger partial charge in [-0.15, -0.1) is 0 Å². The SMILES string of the molecule is CC(C)CN(CCCC1CCCN1)C1CCCC1. The van der Waals surface area contributed by atoms with Crippen molar-refractivity contribution in [2.45, 2.75) is 77.3 Å². The number of hydrogen-bond donors (Lipinski definition) is 1. The highest BCUT2D eigenvalue weighted by atomic mass is 15.2. The second-order valence-electron chi connectivity index (χ2n) is 6.76. The summed E-state index contributed by atoms with van der Waals surface area (Å²) in [6.07, 6.45) is 11.4. The Kier molecular flexibility index (Phi) is 5.97. The van der Waals surface area contributed by atoms with E-state index in [2.05, 4.69) is 24.1 Å². The maximum atomic E-state index is 3.62. The predicted molar refractivity (Wildman–Crippen MR) is 78.9 cm³/mol. The molecule has 2 aliphatic rings. The maximum absolute atomic E-state index is 3.62. The molecule has 1 aliphatic heterocycles. The van der Waals surface area contributed by atoms with E-state index in [-0.39, 0.29) is 0 Å². The van der Waals surface area contributed by atoms with Crippen molar-refractivity contribution in [1.82, 2.24) is 10.2 Å². The van der Waals surface area contributed by atoms with Crippen molar-refractivity contribution in [1.29, 1.82) is 0 Å². The van der Waals surface area contributed by atoms with Gasteiger partial charge >= 0.3 is 0 Å². The lowest BCUT2D eigenvalue weighted by atomic mass is 10.1. The predicted octanol–water partition coefficient (Wildman–Crippen LogP) is 3.42. The van der Waals surface area contributed by atoms with Gasteiger partial charge in [0.1, 0.15) is 0 Å². The van der Waals surface area contributed by atoms with Crippen molar-refractivity contribution in [3.63, 3.8) is 0 Å². The van der Waals surface area contributed by atoms with Crippen LogP contribution in [0.2, 0.25) is 0 Å². The first-order valence-electron chi connectivity index (χ1n) is 8.23. The smallest absolute Gasteiger partial charge is 0.00953 e. The van der Waals surface area contributed by atoms with Crippen LogP contribution in [0.3, 0.4) is 0 Å². The van der Waals surface area contributed by atoms with E-state index in [1.54, 1.807) is 0 Å². The first-order chi connectivity index (χ1) is 8.75. The molecule has 2 rings (SSSR count). The normalized spacial score (nSPS) is 25.7. The summed E-state index contributed by atoms with van der Waals surface area (Å²) in [5.41, 5.74) is 0. The lowest BCUT2D eigenvalue weighted by molar-refractivity contribution is 0.172.